The number of halogens is 1. The van der Waals surface area contributed by atoms with E-state index in [1.165, 1.54) is 6.08 Å². The highest BCUT2D eigenvalue weighted by Gasteiger charge is 2.49. The number of hydrogen-bond acceptors (Lipinski definition) is 7. The molecular formula is C34H42BrNO7. The van der Waals surface area contributed by atoms with Crippen molar-refractivity contribution in [3.05, 3.63) is 82.3 Å². The molecule has 0 aromatic heterocycles. The summed E-state index contributed by atoms with van der Waals surface area (Å²) in [5.41, 5.74) is 1.76. The predicted molar refractivity (Wildman–Crippen MR) is 166 cm³/mol. The average Bonchev–Trinajstić information content (AvgIpc) is 3.37. The first-order valence-electron chi connectivity index (χ1n) is 15.3. The first-order chi connectivity index (χ1) is 20.8. The second-order valence-corrected chi connectivity index (χ2v) is 12.3. The molecule has 43 heavy (non-hydrogen) atoms. The van der Waals surface area contributed by atoms with E-state index in [2.05, 4.69) is 15.9 Å². The van der Waals surface area contributed by atoms with Gasteiger partial charge in [-0.15, -0.1) is 0 Å². The van der Waals surface area contributed by atoms with E-state index < -0.39 is 41.6 Å². The van der Waals surface area contributed by atoms with E-state index in [4.69, 9.17) is 14.6 Å². The third kappa shape index (κ3) is 9.08. The number of carbonyl (C=O) groups is 3. The van der Waals surface area contributed by atoms with Crippen molar-refractivity contribution in [1.82, 2.24) is 4.90 Å². The molecule has 2 aromatic rings. The van der Waals surface area contributed by atoms with Crippen molar-refractivity contribution in [3.63, 3.8) is 0 Å². The second kappa shape index (κ2) is 16.3. The monoisotopic (exact) mass is 655 g/mol. The maximum absolute atomic E-state index is 14.2. The van der Waals surface area contributed by atoms with Crippen LogP contribution >= 0.6 is 15.9 Å². The summed E-state index contributed by atoms with van der Waals surface area (Å²) in [6.45, 7) is 0.298. The topological polar surface area (TPSA) is 113 Å². The fourth-order valence-electron chi connectivity index (χ4n) is 5.78. The molecule has 1 saturated heterocycles. The minimum atomic E-state index is -1.76. The van der Waals surface area contributed by atoms with Gasteiger partial charge in [0, 0.05) is 13.0 Å². The minimum Gasteiger partial charge on any atom is -0.447 e. The molecule has 4 rings (SSSR count). The van der Waals surface area contributed by atoms with Crippen LogP contribution in [0.3, 0.4) is 0 Å². The number of carbonyl (C=O) groups excluding carboxylic acids is 3. The van der Waals surface area contributed by atoms with Crippen molar-refractivity contribution >= 4 is 33.7 Å². The number of aliphatic hydroxyl groups excluding tert-OH is 1. The first kappa shape index (κ1) is 33.1. The summed E-state index contributed by atoms with van der Waals surface area (Å²) in [5, 5.41) is 20.5. The second-order valence-electron chi connectivity index (χ2n) is 11.4. The summed E-state index contributed by atoms with van der Waals surface area (Å²) >= 11 is 3.35. The number of amides is 2. The number of imide groups is 1. The van der Waals surface area contributed by atoms with E-state index in [1.807, 2.05) is 60.7 Å². The average molecular weight is 657 g/mol. The van der Waals surface area contributed by atoms with Crippen molar-refractivity contribution < 1.29 is 34.1 Å². The Hall–Kier alpha value is -2.85. The van der Waals surface area contributed by atoms with Gasteiger partial charge in [-0.25, -0.2) is 9.69 Å². The molecule has 2 amide bonds. The summed E-state index contributed by atoms with van der Waals surface area (Å²) in [6, 6.07) is 18.3. The Bertz CT molecular complexity index is 1240. The Morgan fingerprint density at radius 2 is 1.49 bits per heavy atom. The van der Waals surface area contributed by atoms with E-state index in [9.17, 15) is 19.5 Å². The molecule has 4 atom stereocenters. The fraction of sp³-hybridized carbons (Fsp3) is 0.500. The molecule has 2 heterocycles. The summed E-state index contributed by atoms with van der Waals surface area (Å²) in [4.78, 5) is 41.6. The van der Waals surface area contributed by atoms with E-state index in [-0.39, 0.29) is 30.5 Å². The van der Waals surface area contributed by atoms with Crippen LogP contribution in [-0.2, 0) is 31.9 Å². The zero-order valence-corrected chi connectivity index (χ0v) is 26.1. The number of unbranched alkanes of at least 4 members (excludes halogenated alkanes) is 7. The number of rotatable bonds is 16. The molecule has 2 N–H and O–H groups in total. The van der Waals surface area contributed by atoms with Gasteiger partial charge in [-0.1, -0.05) is 99.2 Å². The van der Waals surface area contributed by atoms with E-state index in [1.54, 1.807) is 0 Å². The predicted octanol–water partition coefficient (Wildman–Crippen LogP) is 5.87. The SMILES string of the molecule is O=C1C=C(Br)[C@](O)(CCCCCCCCCCO)O[C@@H]1[C@H](Cc1ccccc1)C(=O)N1C(=O)OC[C@H]1Cc1ccccc1. The van der Waals surface area contributed by atoms with Crippen LogP contribution in [0.5, 0.6) is 0 Å². The molecule has 9 heteroatoms. The molecule has 0 aliphatic carbocycles. The maximum atomic E-state index is 14.2. The molecule has 2 aliphatic rings. The zero-order valence-electron chi connectivity index (χ0n) is 24.5. The largest absolute Gasteiger partial charge is 0.447 e. The molecule has 2 aromatic carbocycles. The Morgan fingerprint density at radius 1 is 0.907 bits per heavy atom. The Kier molecular flexibility index (Phi) is 12.5. The number of ketones is 1. The Labute approximate surface area is 262 Å². The van der Waals surface area contributed by atoms with E-state index in [0.717, 1.165) is 61.0 Å². The molecule has 0 radical (unpaired) electrons. The van der Waals surface area contributed by atoms with E-state index >= 15 is 0 Å². The van der Waals surface area contributed by atoms with Crippen LogP contribution in [0.4, 0.5) is 4.79 Å². The van der Waals surface area contributed by atoms with Crippen molar-refractivity contribution in [1.29, 1.82) is 0 Å². The highest BCUT2D eigenvalue weighted by atomic mass is 79.9. The lowest BCUT2D eigenvalue weighted by Crippen LogP contribution is -2.53. The van der Waals surface area contributed by atoms with Gasteiger partial charge in [0.2, 0.25) is 5.91 Å². The highest BCUT2D eigenvalue weighted by Crippen LogP contribution is 2.38. The minimum absolute atomic E-state index is 0.0633. The summed E-state index contributed by atoms with van der Waals surface area (Å²) in [7, 11) is 0. The highest BCUT2D eigenvalue weighted by molar-refractivity contribution is 9.11. The van der Waals surface area contributed by atoms with Crippen molar-refractivity contribution in [2.75, 3.05) is 13.2 Å². The van der Waals surface area contributed by atoms with Gasteiger partial charge in [0.1, 0.15) is 12.7 Å². The quantitative estimate of drug-likeness (QED) is 0.217. The molecule has 8 nitrogen and oxygen atoms in total. The Balaban J connectivity index is 1.49. The van der Waals surface area contributed by atoms with Crippen LogP contribution in [-0.4, -0.2) is 64.0 Å². The van der Waals surface area contributed by atoms with Gasteiger partial charge in [0.15, 0.2) is 11.6 Å². The smallest absolute Gasteiger partial charge is 0.416 e. The van der Waals surface area contributed by atoms with Gasteiger partial charge < -0.3 is 19.7 Å². The van der Waals surface area contributed by atoms with Gasteiger partial charge in [-0.3, -0.25) is 9.59 Å². The molecule has 0 bridgehead atoms. The van der Waals surface area contributed by atoms with Crippen molar-refractivity contribution in [2.24, 2.45) is 5.92 Å². The number of ether oxygens (including phenoxy) is 2. The van der Waals surface area contributed by atoms with Gasteiger partial charge in [0.05, 0.1) is 16.4 Å². The molecule has 2 aliphatic heterocycles. The van der Waals surface area contributed by atoms with Gasteiger partial charge in [0.25, 0.3) is 0 Å². The van der Waals surface area contributed by atoms with Gasteiger partial charge in [-0.05, 0) is 58.8 Å². The lowest BCUT2D eigenvalue weighted by molar-refractivity contribution is -0.218. The van der Waals surface area contributed by atoms with Crippen LogP contribution < -0.4 is 0 Å². The van der Waals surface area contributed by atoms with Gasteiger partial charge >= 0.3 is 6.09 Å². The molecule has 232 valence electrons. The van der Waals surface area contributed by atoms with Crippen molar-refractivity contribution in [3.8, 4) is 0 Å². The molecular weight excluding hydrogens is 614 g/mol. The first-order valence-corrected chi connectivity index (χ1v) is 16.1. The lowest BCUT2D eigenvalue weighted by Gasteiger charge is -2.38. The number of cyclic esters (lactones) is 1. The van der Waals surface area contributed by atoms with Gasteiger partial charge in [-0.2, -0.15) is 0 Å². The summed E-state index contributed by atoms with van der Waals surface area (Å²) in [5.74, 6) is -3.81. The molecule has 0 unspecified atom stereocenters. The van der Waals surface area contributed by atoms with Crippen LogP contribution in [0.15, 0.2) is 71.2 Å². The molecule has 0 spiro atoms. The summed E-state index contributed by atoms with van der Waals surface area (Å²) in [6.07, 6.45) is 7.83. The third-order valence-electron chi connectivity index (χ3n) is 8.16. The Morgan fingerprint density at radius 3 is 2.12 bits per heavy atom. The number of hydrogen-bond donors (Lipinski definition) is 2. The van der Waals surface area contributed by atoms with Crippen LogP contribution in [0.2, 0.25) is 0 Å². The van der Waals surface area contributed by atoms with Crippen LogP contribution in [0.1, 0.15) is 68.9 Å². The zero-order chi connectivity index (χ0) is 30.7. The fourth-order valence-corrected chi connectivity index (χ4v) is 6.29. The van der Waals surface area contributed by atoms with Crippen LogP contribution in [0, 0.1) is 5.92 Å². The maximum Gasteiger partial charge on any atom is 0.416 e. The third-order valence-corrected chi connectivity index (χ3v) is 9.01. The number of aliphatic hydroxyl groups is 2. The molecule has 0 saturated carbocycles. The standard InChI is InChI=1S/C34H42BrNO7/c35-30-23-29(38)31(43-34(30,41)19-13-5-3-1-2-4-6-14-20-37)28(22-26-17-11-8-12-18-26)32(39)36-27(24-42-33(36)40)21-25-15-9-7-10-16-25/h7-12,15-18,23,27-28,31,37,41H,1-6,13-14,19-22,24H2/t27-,28+,31-,34+/m1/s1. The summed E-state index contributed by atoms with van der Waals surface area (Å²) < 4.78 is 11.7. The number of benzene rings is 2. The van der Waals surface area contributed by atoms with Crippen LogP contribution in [0.25, 0.3) is 0 Å². The lowest BCUT2D eigenvalue weighted by atomic mass is 9.87. The van der Waals surface area contributed by atoms with Crippen molar-refractivity contribution in [2.45, 2.75) is 88.6 Å². The van der Waals surface area contributed by atoms with E-state index in [0.29, 0.717) is 12.8 Å². The normalized spacial score (nSPS) is 22.8. The number of nitrogens with zero attached hydrogens (tertiary/aromatic N) is 1. The molecule has 1 fully saturated rings.